The van der Waals surface area contributed by atoms with Crippen LogP contribution in [-0.2, 0) is 22.5 Å². The molecule has 2 aliphatic heterocycles. The van der Waals surface area contributed by atoms with E-state index < -0.39 is 0 Å². The summed E-state index contributed by atoms with van der Waals surface area (Å²) >= 11 is 1.49. The average Bonchev–Trinajstić information content (AvgIpc) is 2.96. The van der Waals surface area contributed by atoms with Crippen LogP contribution in [0.4, 0.5) is 0 Å². The molecule has 0 aliphatic carbocycles. The molecular formula is C20H27N3O3S. The van der Waals surface area contributed by atoms with Crippen molar-refractivity contribution in [2.75, 3.05) is 39.4 Å². The zero-order valence-corrected chi connectivity index (χ0v) is 17.1. The summed E-state index contributed by atoms with van der Waals surface area (Å²) in [6, 6.07) is 2.16. The maximum absolute atomic E-state index is 12.7. The number of pyridine rings is 1. The van der Waals surface area contributed by atoms with Gasteiger partial charge >= 0.3 is 0 Å². The second kappa shape index (κ2) is 7.47. The van der Waals surface area contributed by atoms with Gasteiger partial charge in [-0.05, 0) is 32.4 Å². The first-order chi connectivity index (χ1) is 12.9. The van der Waals surface area contributed by atoms with Gasteiger partial charge in [-0.25, -0.2) is 4.98 Å². The van der Waals surface area contributed by atoms with E-state index in [1.54, 1.807) is 0 Å². The number of ether oxygens (including phenoxy) is 2. The first kappa shape index (κ1) is 18.8. The number of carbonyl (C=O) groups is 1. The molecule has 1 N–H and O–H groups in total. The Morgan fingerprint density at radius 2 is 2.15 bits per heavy atom. The summed E-state index contributed by atoms with van der Waals surface area (Å²) in [5.74, 6) is -0.00156. The number of hydrogen-bond donors (Lipinski definition) is 1. The van der Waals surface area contributed by atoms with Gasteiger partial charge in [0.1, 0.15) is 4.83 Å². The second-order valence-corrected chi connectivity index (χ2v) is 8.94. The third kappa shape index (κ3) is 4.01. The van der Waals surface area contributed by atoms with Crippen molar-refractivity contribution in [2.45, 2.75) is 39.4 Å². The molecule has 4 heterocycles. The van der Waals surface area contributed by atoms with Crippen molar-refractivity contribution in [1.82, 2.24) is 15.2 Å². The highest BCUT2D eigenvalue weighted by molar-refractivity contribution is 7.20. The van der Waals surface area contributed by atoms with Crippen LogP contribution in [0.1, 0.15) is 40.3 Å². The van der Waals surface area contributed by atoms with Crippen molar-refractivity contribution >= 4 is 27.5 Å². The standard InChI is InChI=1S/C20H27N3O3S/c1-13-15-10-14-12-26-20(2,3)11-16(14)22-19(15)27-17(13)18(24)21-4-5-23-6-8-25-9-7-23/h10H,4-9,11-12H2,1-3H3,(H,21,24). The molecule has 2 aromatic heterocycles. The second-order valence-electron chi connectivity index (χ2n) is 7.94. The van der Waals surface area contributed by atoms with E-state index in [0.29, 0.717) is 13.2 Å². The van der Waals surface area contributed by atoms with Crippen LogP contribution in [0.15, 0.2) is 6.07 Å². The third-order valence-electron chi connectivity index (χ3n) is 5.33. The van der Waals surface area contributed by atoms with E-state index in [1.165, 1.54) is 11.3 Å². The van der Waals surface area contributed by atoms with Crippen LogP contribution in [0.5, 0.6) is 0 Å². The van der Waals surface area contributed by atoms with Crippen molar-refractivity contribution in [3.05, 3.63) is 27.8 Å². The molecule has 146 valence electrons. The van der Waals surface area contributed by atoms with Crippen LogP contribution in [0.25, 0.3) is 10.2 Å². The van der Waals surface area contributed by atoms with E-state index >= 15 is 0 Å². The van der Waals surface area contributed by atoms with Crippen LogP contribution in [0, 0.1) is 6.92 Å². The van der Waals surface area contributed by atoms with Crippen molar-refractivity contribution in [3.63, 3.8) is 0 Å². The van der Waals surface area contributed by atoms with Gasteiger partial charge in [0.05, 0.1) is 36.0 Å². The van der Waals surface area contributed by atoms with Crippen molar-refractivity contribution in [1.29, 1.82) is 0 Å². The third-order valence-corrected chi connectivity index (χ3v) is 6.53. The first-order valence-corrected chi connectivity index (χ1v) is 10.4. The smallest absolute Gasteiger partial charge is 0.261 e. The van der Waals surface area contributed by atoms with Gasteiger partial charge in [-0.2, -0.15) is 0 Å². The van der Waals surface area contributed by atoms with E-state index in [9.17, 15) is 4.79 Å². The zero-order valence-electron chi connectivity index (χ0n) is 16.3. The molecular weight excluding hydrogens is 362 g/mol. The molecule has 1 fully saturated rings. The molecule has 4 rings (SSSR count). The molecule has 0 atom stereocenters. The predicted octanol–water partition coefficient (Wildman–Crippen LogP) is 2.52. The van der Waals surface area contributed by atoms with Gasteiger partial charge in [0.15, 0.2) is 0 Å². The number of morpholine rings is 1. The summed E-state index contributed by atoms with van der Waals surface area (Å²) in [5, 5.41) is 4.14. The Hall–Kier alpha value is -1.54. The minimum absolute atomic E-state index is 0.00156. The van der Waals surface area contributed by atoms with Gasteiger partial charge in [-0.3, -0.25) is 9.69 Å². The number of nitrogens with zero attached hydrogens (tertiary/aromatic N) is 2. The molecule has 0 saturated carbocycles. The quantitative estimate of drug-likeness (QED) is 0.871. The SMILES string of the molecule is Cc1c(C(=O)NCCN2CCOCC2)sc2nc3c(cc12)COC(C)(C)C3. The van der Waals surface area contributed by atoms with Gasteiger partial charge < -0.3 is 14.8 Å². The fourth-order valence-electron chi connectivity index (χ4n) is 3.67. The molecule has 7 heteroatoms. The fraction of sp³-hybridized carbons (Fsp3) is 0.600. The lowest BCUT2D eigenvalue weighted by atomic mass is 9.95. The highest BCUT2D eigenvalue weighted by Gasteiger charge is 2.28. The number of hydrogen-bond acceptors (Lipinski definition) is 6. The van der Waals surface area contributed by atoms with E-state index in [2.05, 4.69) is 30.1 Å². The lowest BCUT2D eigenvalue weighted by molar-refractivity contribution is -0.0411. The van der Waals surface area contributed by atoms with Crippen LogP contribution in [-0.4, -0.2) is 60.8 Å². The van der Waals surface area contributed by atoms with Gasteiger partial charge in [-0.15, -0.1) is 11.3 Å². The fourth-order valence-corrected chi connectivity index (χ4v) is 4.77. The molecule has 0 radical (unpaired) electrons. The Bertz CT molecular complexity index is 856. The van der Waals surface area contributed by atoms with E-state index in [1.807, 2.05) is 6.92 Å². The molecule has 0 bridgehead atoms. The van der Waals surface area contributed by atoms with Crippen LogP contribution in [0.3, 0.4) is 0 Å². The minimum atomic E-state index is -0.181. The summed E-state index contributed by atoms with van der Waals surface area (Å²) in [7, 11) is 0. The Kier molecular flexibility index (Phi) is 5.20. The highest BCUT2D eigenvalue weighted by atomic mass is 32.1. The van der Waals surface area contributed by atoms with E-state index in [4.69, 9.17) is 14.5 Å². The summed E-state index contributed by atoms with van der Waals surface area (Å²) in [5.41, 5.74) is 3.07. The topological polar surface area (TPSA) is 63.7 Å². The van der Waals surface area contributed by atoms with Gasteiger partial charge in [0.25, 0.3) is 5.91 Å². The Labute approximate surface area is 163 Å². The summed E-state index contributed by atoms with van der Waals surface area (Å²) in [6.45, 7) is 11.7. The number of carbonyl (C=O) groups excluding carboxylic acids is 1. The lowest BCUT2D eigenvalue weighted by Crippen LogP contribution is -2.41. The maximum atomic E-state index is 12.7. The normalized spacial score (nSPS) is 19.8. The monoisotopic (exact) mass is 389 g/mol. The largest absolute Gasteiger partial charge is 0.379 e. The average molecular weight is 390 g/mol. The summed E-state index contributed by atoms with van der Waals surface area (Å²) < 4.78 is 11.3. The van der Waals surface area contributed by atoms with Crippen molar-refractivity contribution < 1.29 is 14.3 Å². The molecule has 2 aromatic rings. The maximum Gasteiger partial charge on any atom is 0.261 e. The molecule has 0 spiro atoms. The van der Waals surface area contributed by atoms with Gasteiger partial charge in [-0.1, -0.05) is 0 Å². The molecule has 0 aromatic carbocycles. The Balaban J connectivity index is 1.48. The number of nitrogens with one attached hydrogen (secondary N) is 1. The highest BCUT2D eigenvalue weighted by Crippen LogP contribution is 2.34. The van der Waals surface area contributed by atoms with E-state index in [-0.39, 0.29) is 11.5 Å². The van der Waals surface area contributed by atoms with Crippen molar-refractivity contribution in [2.24, 2.45) is 0 Å². The van der Waals surface area contributed by atoms with Crippen molar-refractivity contribution in [3.8, 4) is 0 Å². The number of aromatic nitrogens is 1. The minimum Gasteiger partial charge on any atom is -0.379 e. The lowest BCUT2D eigenvalue weighted by Gasteiger charge is -2.31. The number of rotatable bonds is 4. The molecule has 1 amide bonds. The molecule has 2 aliphatic rings. The van der Waals surface area contributed by atoms with Gasteiger partial charge in [0, 0.05) is 43.5 Å². The van der Waals surface area contributed by atoms with Crippen LogP contribution >= 0.6 is 11.3 Å². The van der Waals surface area contributed by atoms with Crippen LogP contribution in [0.2, 0.25) is 0 Å². The predicted molar refractivity (Wildman–Crippen MR) is 107 cm³/mol. The Morgan fingerprint density at radius 3 is 2.93 bits per heavy atom. The molecule has 27 heavy (non-hydrogen) atoms. The zero-order chi connectivity index (χ0) is 19.0. The number of thiophene rings is 1. The summed E-state index contributed by atoms with van der Waals surface area (Å²) in [4.78, 5) is 21.6. The van der Waals surface area contributed by atoms with Gasteiger partial charge in [0.2, 0.25) is 0 Å². The number of aryl methyl sites for hydroxylation is 1. The number of fused-ring (bicyclic) bond motifs is 2. The van der Waals surface area contributed by atoms with Crippen LogP contribution < -0.4 is 5.32 Å². The molecule has 6 nitrogen and oxygen atoms in total. The summed E-state index contributed by atoms with van der Waals surface area (Å²) in [6.07, 6.45) is 0.802. The first-order valence-electron chi connectivity index (χ1n) is 9.57. The number of amides is 1. The Morgan fingerprint density at radius 1 is 1.37 bits per heavy atom. The molecule has 1 saturated heterocycles. The molecule has 0 unspecified atom stereocenters. The van der Waals surface area contributed by atoms with E-state index in [0.717, 1.165) is 71.2 Å².